The molecular weight excluding hydrogens is 352 g/mol. The second kappa shape index (κ2) is 7.62. The number of rotatable bonds is 4. The van der Waals surface area contributed by atoms with Crippen LogP contribution < -0.4 is 10.6 Å². The second-order valence-electron chi connectivity index (χ2n) is 8.03. The highest BCUT2D eigenvalue weighted by Gasteiger charge is 2.42. The molecule has 1 spiro atoms. The molecule has 2 N–H and O–H groups in total. The molecule has 2 aliphatic rings. The van der Waals surface area contributed by atoms with Crippen molar-refractivity contribution in [1.82, 2.24) is 9.88 Å². The number of pyridine rings is 1. The summed E-state index contributed by atoms with van der Waals surface area (Å²) in [5.74, 6) is 0.593. The number of nitrogens with two attached hydrogens (primary N) is 1. The number of aromatic nitrogens is 1. The van der Waals surface area contributed by atoms with E-state index in [-0.39, 0.29) is 11.3 Å². The van der Waals surface area contributed by atoms with Gasteiger partial charge in [0.15, 0.2) is 0 Å². The molecule has 2 fully saturated rings. The summed E-state index contributed by atoms with van der Waals surface area (Å²) in [4.78, 5) is 32.8. The number of hydrogen-bond acceptors (Lipinski definition) is 4. The zero-order valence-corrected chi connectivity index (χ0v) is 16.0. The van der Waals surface area contributed by atoms with Crippen molar-refractivity contribution in [3.8, 4) is 0 Å². The van der Waals surface area contributed by atoms with Gasteiger partial charge in [-0.2, -0.15) is 0 Å². The van der Waals surface area contributed by atoms with E-state index in [0.717, 1.165) is 50.3 Å². The minimum atomic E-state index is -0.437. The van der Waals surface area contributed by atoms with E-state index in [1.807, 2.05) is 23.1 Å². The number of anilines is 1. The Morgan fingerprint density at radius 1 is 1.14 bits per heavy atom. The molecule has 146 valence electrons. The van der Waals surface area contributed by atoms with Gasteiger partial charge in [0.05, 0.1) is 0 Å². The normalized spacial score (nSPS) is 22.5. The largest absolute Gasteiger partial charge is 0.366 e. The Hall–Kier alpha value is -2.89. The van der Waals surface area contributed by atoms with Gasteiger partial charge in [0.2, 0.25) is 11.8 Å². The van der Waals surface area contributed by atoms with Crippen LogP contribution in [0.15, 0.2) is 48.7 Å². The van der Waals surface area contributed by atoms with Gasteiger partial charge in [-0.15, -0.1) is 0 Å². The van der Waals surface area contributed by atoms with Crippen LogP contribution in [0.4, 0.5) is 5.82 Å². The van der Waals surface area contributed by atoms with Crippen molar-refractivity contribution < 1.29 is 9.59 Å². The van der Waals surface area contributed by atoms with Crippen LogP contribution in [0.5, 0.6) is 0 Å². The van der Waals surface area contributed by atoms with Crippen molar-refractivity contribution in [1.29, 1.82) is 0 Å². The van der Waals surface area contributed by atoms with Crippen LogP contribution in [0.2, 0.25) is 0 Å². The summed E-state index contributed by atoms with van der Waals surface area (Å²) in [5.41, 5.74) is 7.14. The van der Waals surface area contributed by atoms with Crippen LogP contribution in [0.3, 0.4) is 0 Å². The van der Waals surface area contributed by atoms with Crippen molar-refractivity contribution in [3.05, 3.63) is 59.8 Å². The van der Waals surface area contributed by atoms with E-state index in [9.17, 15) is 9.59 Å². The molecule has 2 saturated heterocycles. The van der Waals surface area contributed by atoms with E-state index >= 15 is 0 Å². The van der Waals surface area contributed by atoms with Crippen LogP contribution in [-0.4, -0.2) is 41.3 Å². The summed E-state index contributed by atoms with van der Waals surface area (Å²) >= 11 is 0. The predicted molar refractivity (Wildman–Crippen MR) is 108 cm³/mol. The summed E-state index contributed by atoms with van der Waals surface area (Å²) in [6.07, 6.45) is 5.30. The summed E-state index contributed by atoms with van der Waals surface area (Å²) in [5, 5.41) is 0. The fourth-order valence-corrected chi connectivity index (χ4v) is 4.53. The molecule has 28 heavy (non-hydrogen) atoms. The summed E-state index contributed by atoms with van der Waals surface area (Å²) in [6, 6.07) is 13.6. The lowest BCUT2D eigenvalue weighted by Gasteiger charge is -2.48. The molecule has 6 heteroatoms. The maximum atomic E-state index is 12.5. The van der Waals surface area contributed by atoms with Crippen LogP contribution in [-0.2, 0) is 11.3 Å². The molecule has 2 amide bonds. The zero-order valence-electron chi connectivity index (χ0n) is 16.0. The minimum absolute atomic E-state index is 0.0748. The Bertz CT molecular complexity index is 870. The molecule has 6 nitrogen and oxygen atoms in total. The van der Waals surface area contributed by atoms with Crippen molar-refractivity contribution in [2.24, 2.45) is 11.1 Å². The maximum absolute atomic E-state index is 12.5. The molecule has 1 aromatic heterocycles. The third-order valence-corrected chi connectivity index (χ3v) is 5.98. The van der Waals surface area contributed by atoms with E-state index in [0.29, 0.717) is 18.5 Å². The first-order chi connectivity index (χ1) is 13.5. The van der Waals surface area contributed by atoms with Gasteiger partial charge >= 0.3 is 0 Å². The number of hydrogen-bond donors (Lipinski definition) is 1. The quantitative estimate of drug-likeness (QED) is 0.887. The van der Waals surface area contributed by atoms with E-state index in [1.165, 1.54) is 0 Å². The summed E-state index contributed by atoms with van der Waals surface area (Å²) in [7, 11) is 0. The zero-order chi connectivity index (χ0) is 19.6. The fourth-order valence-electron chi connectivity index (χ4n) is 4.53. The van der Waals surface area contributed by atoms with E-state index < -0.39 is 5.91 Å². The van der Waals surface area contributed by atoms with Crippen LogP contribution >= 0.6 is 0 Å². The molecule has 0 saturated carbocycles. The molecule has 1 aromatic carbocycles. The van der Waals surface area contributed by atoms with Crippen molar-refractivity contribution >= 4 is 17.6 Å². The van der Waals surface area contributed by atoms with Crippen molar-refractivity contribution in [2.75, 3.05) is 24.5 Å². The first kappa shape index (κ1) is 18.5. The lowest BCUT2D eigenvalue weighted by molar-refractivity contribution is -0.138. The molecule has 3 heterocycles. The van der Waals surface area contributed by atoms with Gasteiger partial charge < -0.3 is 15.5 Å². The van der Waals surface area contributed by atoms with Gasteiger partial charge in [0, 0.05) is 49.8 Å². The number of benzene rings is 1. The molecule has 0 bridgehead atoms. The molecule has 2 aliphatic heterocycles. The average Bonchev–Trinajstić information content (AvgIpc) is 2.72. The Balaban J connectivity index is 1.51. The first-order valence-electron chi connectivity index (χ1n) is 9.87. The highest BCUT2D eigenvalue weighted by Crippen LogP contribution is 2.40. The Morgan fingerprint density at radius 2 is 1.96 bits per heavy atom. The molecule has 1 unspecified atom stereocenters. The van der Waals surface area contributed by atoms with Gasteiger partial charge in [0.25, 0.3) is 0 Å². The Kier molecular flexibility index (Phi) is 5.03. The molecule has 2 aromatic rings. The monoisotopic (exact) mass is 378 g/mol. The Labute approximate surface area is 165 Å². The van der Waals surface area contributed by atoms with Crippen molar-refractivity contribution in [3.63, 3.8) is 0 Å². The molecule has 4 rings (SSSR count). The smallest absolute Gasteiger partial charge is 0.248 e. The number of piperidine rings is 2. The lowest BCUT2D eigenvalue weighted by Crippen LogP contribution is -2.54. The van der Waals surface area contributed by atoms with E-state index in [1.54, 1.807) is 18.3 Å². The highest BCUT2D eigenvalue weighted by molar-refractivity contribution is 5.93. The van der Waals surface area contributed by atoms with Crippen LogP contribution in [0, 0.1) is 5.41 Å². The number of nitrogens with zero attached hydrogens (tertiary/aromatic N) is 3. The highest BCUT2D eigenvalue weighted by atomic mass is 16.2. The topological polar surface area (TPSA) is 79.5 Å². The summed E-state index contributed by atoms with van der Waals surface area (Å²) in [6.45, 7) is 3.19. The molecule has 1 atom stereocenters. The van der Waals surface area contributed by atoms with Gasteiger partial charge in [-0.05, 0) is 37.0 Å². The Morgan fingerprint density at radius 3 is 2.75 bits per heavy atom. The van der Waals surface area contributed by atoms with Gasteiger partial charge in [-0.25, -0.2) is 4.98 Å². The summed E-state index contributed by atoms with van der Waals surface area (Å²) < 4.78 is 0. The van der Waals surface area contributed by atoms with Gasteiger partial charge in [0.1, 0.15) is 5.82 Å². The first-order valence-corrected chi connectivity index (χ1v) is 9.87. The third kappa shape index (κ3) is 3.86. The van der Waals surface area contributed by atoms with Gasteiger partial charge in [-0.3, -0.25) is 9.59 Å². The number of likely N-dealkylation sites (tertiary alicyclic amines) is 1. The molecule has 0 radical (unpaired) electrons. The number of carbonyl (C=O) groups is 2. The molecular formula is C22H26N4O2. The van der Waals surface area contributed by atoms with Crippen LogP contribution in [0.1, 0.15) is 41.6 Å². The molecule has 0 aliphatic carbocycles. The minimum Gasteiger partial charge on any atom is -0.366 e. The second-order valence-corrected chi connectivity index (χ2v) is 8.03. The van der Waals surface area contributed by atoms with Crippen molar-refractivity contribution in [2.45, 2.75) is 32.2 Å². The van der Waals surface area contributed by atoms with E-state index in [4.69, 9.17) is 5.73 Å². The van der Waals surface area contributed by atoms with Gasteiger partial charge in [-0.1, -0.05) is 30.3 Å². The van der Waals surface area contributed by atoms with E-state index in [2.05, 4.69) is 22.0 Å². The maximum Gasteiger partial charge on any atom is 0.248 e. The lowest BCUT2D eigenvalue weighted by atomic mass is 9.73. The SMILES string of the molecule is NC(=O)c1ccnc(N2CCCC3(CCC(=O)N(Cc4ccccc4)C3)C2)c1. The predicted octanol–water partition coefficient (Wildman–Crippen LogP) is 2.59. The number of primary amides is 1. The van der Waals surface area contributed by atoms with Crippen LogP contribution in [0.25, 0.3) is 0 Å². The average molecular weight is 378 g/mol. The third-order valence-electron chi connectivity index (χ3n) is 5.98. The number of carbonyl (C=O) groups excluding carboxylic acids is 2. The fraction of sp³-hybridized carbons (Fsp3) is 0.409. The standard InChI is InChI=1S/C22H26N4O2/c23-21(28)18-8-11-24-19(13-18)25-12-4-9-22(15-25)10-7-20(27)26(16-22)14-17-5-2-1-3-6-17/h1-3,5-6,8,11,13H,4,7,9-10,12,14-16H2,(H2,23,28). The number of amides is 2.